The van der Waals surface area contributed by atoms with Crippen molar-refractivity contribution in [2.75, 3.05) is 17.2 Å². The fourth-order valence-electron chi connectivity index (χ4n) is 4.62. The SMILES string of the molecule is CC.CC.CC1(C)CC(Nc2nc(NC3=CCCC=C3)ncc2F)CC2CC(F)(F)CN21.[HH].[HH]. The standard InChI is InChI=1S/C20H26F3N5.2C2H6.2H2/c1-19(2)9-14(8-15-10-20(22,23)12-28(15)19)25-17-16(21)11-24-18(27-17)26-13-6-4-3-5-7-13;2*1-2;;/h4,6-7,11,14-15H,3,5,8-10,12H2,1-2H3,(H2,24,25,26,27);2*1-2H3;2*1H. The highest BCUT2D eigenvalue weighted by molar-refractivity contribution is 5.47. The number of aromatic nitrogens is 2. The zero-order chi connectivity index (χ0) is 23.9. The van der Waals surface area contributed by atoms with Crippen LogP contribution >= 0.6 is 0 Å². The molecule has 0 bridgehead atoms. The Balaban J connectivity index is 0.00000173. The van der Waals surface area contributed by atoms with Gasteiger partial charge in [0.15, 0.2) is 11.6 Å². The van der Waals surface area contributed by atoms with Crippen LogP contribution in [0.25, 0.3) is 0 Å². The minimum Gasteiger partial charge on any atom is -0.365 e. The van der Waals surface area contributed by atoms with Crippen molar-refractivity contribution in [1.82, 2.24) is 14.9 Å². The molecule has 5 nitrogen and oxygen atoms in total. The summed E-state index contributed by atoms with van der Waals surface area (Å²) in [5, 5.41) is 6.23. The molecule has 1 aromatic heterocycles. The van der Waals surface area contributed by atoms with E-state index in [-0.39, 0.29) is 39.3 Å². The zero-order valence-corrected chi connectivity index (χ0v) is 20.2. The molecule has 0 saturated carbocycles. The Bertz CT molecular complexity index is 818. The number of hydrogen-bond donors (Lipinski definition) is 2. The first-order chi connectivity index (χ1) is 15.2. The highest BCUT2D eigenvalue weighted by atomic mass is 19.3. The second-order valence-electron chi connectivity index (χ2n) is 8.59. The van der Waals surface area contributed by atoms with Crippen LogP contribution in [0, 0.1) is 5.82 Å². The molecule has 3 aliphatic rings. The molecule has 8 heteroatoms. The van der Waals surface area contributed by atoms with Gasteiger partial charge in [-0.05, 0) is 45.6 Å². The van der Waals surface area contributed by atoms with Crippen LogP contribution in [0.2, 0.25) is 0 Å². The monoisotopic (exact) mass is 457 g/mol. The molecule has 0 aromatic carbocycles. The Hall–Kier alpha value is -2.09. The number of allylic oxidation sites excluding steroid dienone is 3. The normalized spacial score (nSPS) is 25.3. The summed E-state index contributed by atoms with van der Waals surface area (Å²) in [4.78, 5) is 10.2. The summed E-state index contributed by atoms with van der Waals surface area (Å²) in [5.74, 6) is -2.78. The van der Waals surface area contributed by atoms with E-state index in [2.05, 4.69) is 26.7 Å². The molecule has 4 rings (SSSR count). The maximum atomic E-state index is 14.3. The summed E-state index contributed by atoms with van der Waals surface area (Å²) in [6.07, 6.45) is 10.1. The summed E-state index contributed by atoms with van der Waals surface area (Å²) in [5.41, 5.74) is 0.495. The second kappa shape index (κ2) is 11.2. The van der Waals surface area contributed by atoms with Crippen molar-refractivity contribution < 1.29 is 16.0 Å². The van der Waals surface area contributed by atoms with Crippen LogP contribution < -0.4 is 10.6 Å². The van der Waals surface area contributed by atoms with Crippen LogP contribution in [0.1, 0.15) is 76.5 Å². The Morgan fingerprint density at radius 3 is 2.50 bits per heavy atom. The van der Waals surface area contributed by atoms with Crippen molar-refractivity contribution in [3.05, 3.63) is 35.9 Å². The van der Waals surface area contributed by atoms with E-state index >= 15 is 0 Å². The Labute approximate surface area is 193 Å². The summed E-state index contributed by atoms with van der Waals surface area (Å²) < 4.78 is 42.2. The van der Waals surface area contributed by atoms with Gasteiger partial charge in [-0.3, -0.25) is 4.90 Å². The third kappa shape index (κ3) is 6.47. The lowest BCUT2D eigenvalue weighted by Crippen LogP contribution is -2.55. The predicted octanol–water partition coefficient (Wildman–Crippen LogP) is 6.87. The molecule has 0 spiro atoms. The minimum atomic E-state index is -2.66. The molecule has 1 aliphatic carbocycles. The van der Waals surface area contributed by atoms with Gasteiger partial charge in [-0.15, -0.1) is 0 Å². The highest BCUT2D eigenvalue weighted by Crippen LogP contribution is 2.44. The molecule has 2 aliphatic heterocycles. The van der Waals surface area contributed by atoms with Crippen LogP contribution in [0.5, 0.6) is 0 Å². The van der Waals surface area contributed by atoms with Gasteiger partial charge < -0.3 is 10.6 Å². The van der Waals surface area contributed by atoms with E-state index in [9.17, 15) is 13.2 Å². The summed E-state index contributed by atoms with van der Waals surface area (Å²) >= 11 is 0. The van der Waals surface area contributed by atoms with Crippen molar-refractivity contribution in [2.45, 2.75) is 97.2 Å². The summed E-state index contributed by atoms with van der Waals surface area (Å²) in [6.45, 7) is 11.7. The lowest BCUT2D eigenvalue weighted by Gasteiger charge is -2.47. The molecule has 0 radical (unpaired) electrons. The quantitative estimate of drug-likeness (QED) is 0.517. The van der Waals surface area contributed by atoms with Gasteiger partial charge in [0.2, 0.25) is 5.95 Å². The van der Waals surface area contributed by atoms with Crippen molar-refractivity contribution >= 4 is 11.8 Å². The third-order valence-electron chi connectivity index (χ3n) is 5.79. The molecule has 2 N–H and O–H groups in total. The largest absolute Gasteiger partial charge is 0.365 e. The number of nitrogens with one attached hydrogen (secondary N) is 2. The smallest absolute Gasteiger partial charge is 0.262 e. The average molecular weight is 458 g/mol. The van der Waals surface area contributed by atoms with Gasteiger partial charge in [0.1, 0.15) is 0 Å². The Morgan fingerprint density at radius 1 is 1.12 bits per heavy atom. The number of hydrogen-bond acceptors (Lipinski definition) is 5. The number of alkyl halides is 2. The van der Waals surface area contributed by atoms with E-state index in [0.29, 0.717) is 18.8 Å². The fraction of sp³-hybridized carbons (Fsp3) is 0.667. The van der Waals surface area contributed by atoms with Crippen molar-refractivity contribution in [1.29, 1.82) is 0 Å². The molecule has 184 valence electrons. The zero-order valence-electron chi connectivity index (χ0n) is 20.2. The van der Waals surface area contributed by atoms with E-state index in [1.54, 1.807) is 0 Å². The van der Waals surface area contributed by atoms with Gasteiger partial charge in [-0.2, -0.15) is 4.98 Å². The van der Waals surface area contributed by atoms with Crippen LogP contribution in [0.3, 0.4) is 0 Å². The van der Waals surface area contributed by atoms with Crippen LogP contribution in [0.15, 0.2) is 30.1 Å². The maximum absolute atomic E-state index is 14.3. The van der Waals surface area contributed by atoms with Crippen molar-refractivity contribution in [2.24, 2.45) is 0 Å². The van der Waals surface area contributed by atoms with Crippen molar-refractivity contribution in [3.63, 3.8) is 0 Å². The molecule has 2 atom stereocenters. The van der Waals surface area contributed by atoms with Crippen molar-refractivity contribution in [3.8, 4) is 0 Å². The Kier molecular flexibility index (Phi) is 9.13. The van der Waals surface area contributed by atoms with Gasteiger partial charge in [-0.25, -0.2) is 18.2 Å². The fourth-order valence-corrected chi connectivity index (χ4v) is 4.62. The first-order valence-corrected chi connectivity index (χ1v) is 11.8. The molecule has 1 aromatic rings. The number of rotatable bonds is 4. The first kappa shape index (κ1) is 26.2. The lowest BCUT2D eigenvalue weighted by atomic mass is 9.84. The van der Waals surface area contributed by atoms with Gasteiger partial charge in [0, 0.05) is 32.6 Å². The molecule has 2 fully saturated rings. The molecule has 3 heterocycles. The average Bonchev–Trinajstić information content (AvgIpc) is 3.09. The molecular formula is C24H42F3N5. The van der Waals surface area contributed by atoms with Crippen LogP contribution in [-0.2, 0) is 0 Å². The minimum absolute atomic E-state index is 0. The molecule has 2 saturated heterocycles. The highest BCUT2D eigenvalue weighted by Gasteiger charge is 2.53. The van der Waals surface area contributed by atoms with Crippen LogP contribution in [-0.4, -0.2) is 45.0 Å². The van der Waals surface area contributed by atoms with E-state index in [4.69, 9.17) is 0 Å². The number of halogens is 3. The van der Waals surface area contributed by atoms with Crippen LogP contribution in [0.4, 0.5) is 24.9 Å². The molecular weight excluding hydrogens is 415 g/mol. The molecule has 32 heavy (non-hydrogen) atoms. The maximum Gasteiger partial charge on any atom is 0.262 e. The van der Waals surface area contributed by atoms with E-state index in [0.717, 1.165) is 24.7 Å². The number of piperidine rings is 1. The second-order valence-corrected chi connectivity index (χ2v) is 8.59. The predicted molar refractivity (Wildman–Crippen MR) is 130 cm³/mol. The number of fused-ring (bicyclic) bond motifs is 1. The van der Waals surface area contributed by atoms with Gasteiger partial charge in [-0.1, -0.05) is 39.8 Å². The summed E-state index contributed by atoms with van der Waals surface area (Å²) in [6, 6.07) is -0.340. The molecule has 0 amide bonds. The van der Waals surface area contributed by atoms with E-state index < -0.39 is 11.7 Å². The lowest BCUT2D eigenvalue weighted by molar-refractivity contribution is -0.00687. The number of nitrogens with zero attached hydrogens (tertiary/aromatic N) is 3. The van der Waals surface area contributed by atoms with Gasteiger partial charge in [0.25, 0.3) is 5.92 Å². The summed E-state index contributed by atoms with van der Waals surface area (Å²) in [7, 11) is 0. The van der Waals surface area contributed by atoms with E-state index in [1.807, 2.05) is 58.6 Å². The number of anilines is 2. The molecule has 2 unspecified atom stereocenters. The first-order valence-electron chi connectivity index (χ1n) is 11.8. The Morgan fingerprint density at radius 2 is 1.84 bits per heavy atom. The van der Waals surface area contributed by atoms with Gasteiger partial charge in [0.05, 0.1) is 12.7 Å². The van der Waals surface area contributed by atoms with Gasteiger partial charge >= 0.3 is 0 Å². The third-order valence-corrected chi connectivity index (χ3v) is 5.79. The topological polar surface area (TPSA) is 53.1 Å². The van der Waals surface area contributed by atoms with E-state index in [1.165, 1.54) is 0 Å².